The van der Waals surface area contributed by atoms with Crippen LogP contribution >= 0.6 is 0 Å². The van der Waals surface area contributed by atoms with Crippen molar-refractivity contribution in [2.75, 3.05) is 13.6 Å². The minimum absolute atomic E-state index is 0.174. The molecule has 5 nitrogen and oxygen atoms in total. The molecular formula is C10H18N4O. The molecule has 15 heavy (non-hydrogen) atoms. The van der Waals surface area contributed by atoms with Crippen molar-refractivity contribution in [2.24, 2.45) is 5.73 Å². The summed E-state index contributed by atoms with van der Waals surface area (Å²) in [6.45, 7) is 3.02. The average Bonchev–Trinajstić information content (AvgIpc) is 2.77. The molecule has 1 aromatic rings. The molecule has 84 valence electrons. The Morgan fingerprint density at radius 2 is 2.47 bits per heavy atom. The minimum atomic E-state index is -0.174. The summed E-state index contributed by atoms with van der Waals surface area (Å²) in [6.07, 6.45) is 3.35. The van der Waals surface area contributed by atoms with Crippen molar-refractivity contribution >= 4 is 0 Å². The molecule has 0 bridgehead atoms. The van der Waals surface area contributed by atoms with Crippen LogP contribution in [0.1, 0.15) is 37.5 Å². The van der Waals surface area contributed by atoms with Gasteiger partial charge >= 0.3 is 0 Å². The third-order valence-electron chi connectivity index (χ3n) is 2.96. The third kappa shape index (κ3) is 2.35. The van der Waals surface area contributed by atoms with Gasteiger partial charge in [0.15, 0.2) is 5.82 Å². The number of likely N-dealkylation sites (tertiary alicyclic amines) is 1. The Morgan fingerprint density at radius 3 is 3.00 bits per heavy atom. The Balaban J connectivity index is 1.98. The van der Waals surface area contributed by atoms with Crippen molar-refractivity contribution < 1.29 is 4.52 Å². The molecule has 1 aliphatic heterocycles. The lowest BCUT2D eigenvalue weighted by atomic mass is 10.1. The van der Waals surface area contributed by atoms with Gasteiger partial charge in [-0.1, -0.05) is 5.16 Å². The van der Waals surface area contributed by atoms with Crippen LogP contribution in [0.3, 0.4) is 0 Å². The summed E-state index contributed by atoms with van der Waals surface area (Å²) in [7, 11) is 2.14. The molecule has 2 N–H and O–H groups in total. The van der Waals surface area contributed by atoms with Crippen LogP contribution in [0.5, 0.6) is 0 Å². The van der Waals surface area contributed by atoms with Crippen LogP contribution in [-0.2, 0) is 6.42 Å². The van der Waals surface area contributed by atoms with E-state index >= 15 is 0 Å². The molecule has 0 amide bonds. The summed E-state index contributed by atoms with van der Waals surface area (Å²) >= 11 is 0. The molecule has 2 atom stereocenters. The van der Waals surface area contributed by atoms with Crippen molar-refractivity contribution in [3.8, 4) is 0 Å². The molecule has 1 saturated heterocycles. The number of hydrogen-bond acceptors (Lipinski definition) is 5. The number of nitrogens with two attached hydrogens (primary N) is 1. The average molecular weight is 210 g/mol. The van der Waals surface area contributed by atoms with Crippen molar-refractivity contribution in [1.82, 2.24) is 15.0 Å². The lowest BCUT2D eigenvalue weighted by Crippen LogP contribution is -2.27. The fourth-order valence-corrected chi connectivity index (χ4v) is 1.98. The molecule has 0 aliphatic carbocycles. The number of aromatic nitrogens is 2. The second-order valence-electron chi connectivity index (χ2n) is 4.32. The fraction of sp³-hybridized carbons (Fsp3) is 0.800. The highest BCUT2D eigenvalue weighted by atomic mass is 16.5. The summed E-state index contributed by atoms with van der Waals surface area (Å²) in [5, 5.41) is 3.94. The van der Waals surface area contributed by atoms with E-state index in [4.69, 9.17) is 10.3 Å². The standard InChI is InChI=1S/C10H18N4O/c1-7(11)10-12-9(13-15-10)6-8-4-3-5-14(8)2/h7-8H,3-6,11H2,1-2H3. The lowest BCUT2D eigenvalue weighted by Gasteiger charge is -2.16. The molecular weight excluding hydrogens is 192 g/mol. The van der Waals surface area contributed by atoms with Gasteiger partial charge in [-0.25, -0.2) is 0 Å². The van der Waals surface area contributed by atoms with Crippen molar-refractivity contribution in [3.63, 3.8) is 0 Å². The molecule has 2 heterocycles. The summed E-state index contributed by atoms with van der Waals surface area (Å²) in [4.78, 5) is 6.63. The van der Waals surface area contributed by atoms with E-state index in [1.165, 1.54) is 19.4 Å². The van der Waals surface area contributed by atoms with Gasteiger partial charge in [0.25, 0.3) is 0 Å². The minimum Gasteiger partial charge on any atom is -0.338 e. The second kappa shape index (κ2) is 4.28. The van der Waals surface area contributed by atoms with E-state index in [2.05, 4.69) is 22.1 Å². The number of nitrogens with zero attached hydrogens (tertiary/aromatic N) is 3. The Bertz CT molecular complexity index is 323. The van der Waals surface area contributed by atoms with Gasteiger partial charge in [-0.15, -0.1) is 0 Å². The first-order chi connectivity index (χ1) is 7.16. The fourth-order valence-electron chi connectivity index (χ4n) is 1.98. The molecule has 1 fully saturated rings. The first kappa shape index (κ1) is 10.6. The zero-order valence-corrected chi connectivity index (χ0v) is 9.31. The predicted octanol–water partition coefficient (Wildman–Crippen LogP) is 0.726. The van der Waals surface area contributed by atoms with E-state index in [0.717, 1.165) is 12.2 Å². The Hall–Kier alpha value is -0.940. The molecule has 2 unspecified atom stereocenters. The van der Waals surface area contributed by atoms with E-state index < -0.39 is 0 Å². The summed E-state index contributed by atoms with van der Waals surface area (Å²) in [6, 6.07) is 0.385. The molecule has 1 aromatic heterocycles. The number of hydrogen-bond donors (Lipinski definition) is 1. The molecule has 0 saturated carbocycles. The van der Waals surface area contributed by atoms with Gasteiger partial charge in [0.05, 0.1) is 6.04 Å². The van der Waals surface area contributed by atoms with Gasteiger partial charge in [0, 0.05) is 12.5 Å². The molecule has 0 aromatic carbocycles. The van der Waals surface area contributed by atoms with E-state index in [1.54, 1.807) is 0 Å². The van der Waals surface area contributed by atoms with Crippen LogP contribution in [0, 0.1) is 0 Å². The predicted molar refractivity (Wildman–Crippen MR) is 56.3 cm³/mol. The van der Waals surface area contributed by atoms with Crippen molar-refractivity contribution in [1.29, 1.82) is 0 Å². The SMILES string of the molecule is CC(N)c1nc(CC2CCCN2C)no1. The zero-order chi connectivity index (χ0) is 10.8. The van der Waals surface area contributed by atoms with E-state index in [9.17, 15) is 0 Å². The van der Waals surface area contributed by atoms with Crippen LogP contribution < -0.4 is 5.73 Å². The van der Waals surface area contributed by atoms with E-state index in [1.807, 2.05) is 6.92 Å². The number of likely N-dealkylation sites (N-methyl/N-ethyl adjacent to an activating group) is 1. The molecule has 0 spiro atoms. The van der Waals surface area contributed by atoms with Gasteiger partial charge in [-0.3, -0.25) is 0 Å². The highest BCUT2D eigenvalue weighted by Gasteiger charge is 2.23. The monoisotopic (exact) mass is 210 g/mol. The normalized spacial score (nSPS) is 24.6. The van der Waals surface area contributed by atoms with Crippen molar-refractivity contribution in [2.45, 2.75) is 38.3 Å². The summed E-state index contributed by atoms with van der Waals surface area (Å²) in [5.41, 5.74) is 5.66. The largest absolute Gasteiger partial charge is 0.338 e. The van der Waals surface area contributed by atoms with Crippen LogP contribution in [0.4, 0.5) is 0 Å². The van der Waals surface area contributed by atoms with Crippen LogP contribution in [-0.4, -0.2) is 34.7 Å². The van der Waals surface area contributed by atoms with Gasteiger partial charge in [-0.05, 0) is 33.4 Å². The van der Waals surface area contributed by atoms with Gasteiger partial charge < -0.3 is 15.2 Å². The molecule has 1 aliphatic rings. The maximum Gasteiger partial charge on any atom is 0.243 e. The molecule has 2 rings (SSSR count). The maximum atomic E-state index is 5.66. The van der Waals surface area contributed by atoms with Gasteiger partial charge in [0.2, 0.25) is 5.89 Å². The topological polar surface area (TPSA) is 68.2 Å². The van der Waals surface area contributed by atoms with Crippen LogP contribution in [0.2, 0.25) is 0 Å². The first-order valence-electron chi connectivity index (χ1n) is 5.45. The quantitative estimate of drug-likeness (QED) is 0.796. The molecule has 0 radical (unpaired) electrons. The molecule has 5 heteroatoms. The maximum absolute atomic E-state index is 5.66. The van der Waals surface area contributed by atoms with Gasteiger partial charge in [0.1, 0.15) is 0 Å². The number of rotatable bonds is 3. The highest BCUT2D eigenvalue weighted by Crippen LogP contribution is 2.18. The van der Waals surface area contributed by atoms with Crippen molar-refractivity contribution in [3.05, 3.63) is 11.7 Å². The van der Waals surface area contributed by atoms with Crippen LogP contribution in [0.15, 0.2) is 4.52 Å². The second-order valence-corrected chi connectivity index (χ2v) is 4.32. The summed E-state index contributed by atoms with van der Waals surface area (Å²) in [5.74, 6) is 1.31. The third-order valence-corrected chi connectivity index (χ3v) is 2.96. The Kier molecular flexibility index (Phi) is 3.02. The first-order valence-corrected chi connectivity index (χ1v) is 5.45. The van der Waals surface area contributed by atoms with E-state index in [-0.39, 0.29) is 6.04 Å². The van der Waals surface area contributed by atoms with E-state index in [0.29, 0.717) is 11.9 Å². The lowest BCUT2D eigenvalue weighted by molar-refractivity contribution is 0.300. The highest BCUT2D eigenvalue weighted by molar-refractivity contribution is 4.94. The summed E-state index contributed by atoms with van der Waals surface area (Å²) < 4.78 is 5.07. The van der Waals surface area contributed by atoms with Gasteiger partial charge in [-0.2, -0.15) is 4.98 Å². The zero-order valence-electron chi connectivity index (χ0n) is 9.31. The Labute approximate surface area is 89.6 Å². The Morgan fingerprint density at radius 1 is 1.67 bits per heavy atom. The smallest absolute Gasteiger partial charge is 0.243 e. The van der Waals surface area contributed by atoms with Crippen LogP contribution in [0.25, 0.3) is 0 Å².